The van der Waals surface area contributed by atoms with E-state index < -0.39 is 5.60 Å². The van der Waals surface area contributed by atoms with Crippen molar-refractivity contribution in [2.75, 3.05) is 31.6 Å². The van der Waals surface area contributed by atoms with Crippen LogP contribution >= 0.6 is 0 Å². The van der Waals surface area contributed by atoms with Crippen molar-refractivity contribution < 1.29 is 14.3 Å². The molecular weight excluding hydrogens is 328 g/mol. The van der Waals surface area contributed by atoms with Crippen molar-refractivity contribution in [3.8, 4) is 5.75 Å². The van der Waals surface area contributed by atoms with Crippen LogP contribution in [-0.2, 0) is 9.53 Å². The molecule has 1 aromatic rings. The van der Waals surface area contributed by atoms with Gasteiger partial charge in [-0.15, -0.1) is 0 Å². The summed E-state index contributed by atoms with van der Waals surface area (Å²) in [4.78, 5) is 14.8. The summed E-state index contributed by atoms with van der Waals surface area (Å²) < 4.78 is 11.5. The summed E-state index contributed by atoms with van der Waals surface area (Å²) in [5.74, 6) is 0.688. The molecule has 0 bridgehead atoms. The van der Waals surface area contributed by atoms with Gasteiger partial charge in [-0.3, -0.25) is 9.69 Å². The van der Waals surface area contributed by atoms with Crippen LogP contribution in [-0.4, -0.2) is 48.8 Å². The minimum Gasteiger partial charge on any atom is -0.492 e. The van der Waals surface area contributed by atoms with Crippen molar-refractivity contribution in [3.05, 3.63) is 24.3 Å². The van der Waals surface area contributed by atoms with Crippen LogP contribution < -0.4 is 10.1 Å². The molecule has 1 fully saturated rings. The molecular formula is C21H34N2O3. The van der Waals surface area contributed by atoms with Gasteiger partial charge in [0.2, 0.25) is 0 Å². The van der Waals surface area contributed by atoms with E-state index in [0.29, 0.717) is 19.3 Å². The van der Waals surface area contributed by atoms with E-state index in [-0.39, 0.29) is 5.91 Å². The highest BCUT2D eigenvalue weighted by molar-refractivity contribution is 5.96. The molecule has 1 heterocycles. The van der Waals surface area contributed by atoms with Gasteiger partial charge in [-0.1, -0.05) is 13.3 Å². The summed E-state index contributed by atoms with van der Waals surface area (Å²) in [6.07, 6.45) is 4.80. The zero-order valence-electron chi connectivity index (χ0n) is 16.7. The number of carbonyl (C=O) groups is 1. The minimum atomic E-state index is -0.837. The van der Waals surface area contributed by atoms with Gasteiger partial charge in [0.25, 0.3) is 5.91 Å². The fourth-order valence-corrected chi connectivity index (χ4v) is 3.11. The van der Waals surface area contributed by atoms with Crippen LogP contribution in [0.3, 0.4) is 0 Å². The van der Waals surface area contributed by atoms with Crippen LogP contribution in [0.25, 0.3) is 0 Å². The lowest BCUT2D eigenvalue weighted by atomic mass is 10.0. The Hall–Kier alpha value is -1.59. The predicted octanol–water partition coefficient (Wildman–Crippen LogP) is 4.08. The smallest absolute Gasteiger partial charge is 0.256 e. The Kier molecular flexibility index (Phi) is 7.91. The topological polar surface area (TPSA) is 50.8 Å². The maximum absolute atomic E-state index is 12.3. The Morgan fingerprint density at radius 2 is 1.96 bits per heavy atom. The molecule has 0 aromatic heterocycles. The predicted molar refractivity (Wildman–Crippen MR) is 106 cm³/mol. The standard InChI is InChI=1S/C21H34N2O3/c1-5-15-26-21(3,4)20(24)22-18-9-11-19(12-10-18)25-16-14-23-13-7-6-8-17(23)2/h9-12,17H,5-8,13-16H2,1-4H3,(H,22,24). The molecule has 5 heteroatoms. The Balaban J connectivity index is 1.77. The first-order valence-electron chi connectivity index (χ1n) is 9.84. The highest BCUT2D eigenvalue weighted by Gasteiger charge is 2.28. The molecule has 0 spiro atoms. The second kappa shape index (κ2) is 9.93. The fraction of sp³-hybridized carbons (Fsp3) is 0.667. The Bertz CT molecular complexity index is 557. The van der Waals surface area contributed by atoms with Crippen molar-refractivity contribution in [1.82, 2.24) is 4.90 Å². The van der Waals surface area contributed by atoms with E-state index >= 15 is 0 Å². The SMILES string of the molecule is CCCOC(C)(C)C(=O)Nc1ccc(OCCN2CCCCC2C)cc1. The van der Waals surface area contributed by atoms with Gasteiger partial charge >= 0.3 is 0 Å². The third-order valence-electron chi connectivity index (χ3n) is 4.91. The van der Waals surface area contributed by atoms with Gasteiger partial charge < -0.3 is 14.8 Å². The van der Waals surface area contributed by atoms with Crippen LogP contribution in [0, 0.1) is 0 Å². The number of anilines is 1. The van der Waals surface area contributed by atoms with Gasteiger partial charge in [-0.05, 0) is 70.8 Å². The Labute approximate surface area is 158 Å². The second-order valence-corrected chi connectivity index (χ2v) is 7.57. The van der Waals surface area contributed by atoms with E-state index in [9.17, 15) is 4.79 Å². The monoisotopic (exact) mass is 362 g/mol. The molecule has 1 aliphatic heterocycles. The first-order valence-corrected chi connectivity index (χ1v) is 9.84. The zero-order valence-corrected chi connectivity index (χ0v) is 16.7. The second-order valence-electron chi connectivity index (χ2n) is 7.57. The number of hydrogen-bond acceptors (Lipinski definition) is 4. The number of nitrogens with zero attached hydrogens (tertiary/aromatic N) is 1. The van der Waals surface area contributed by atoms with Gasteiger partial charge in [0, 0.05) is 24.9 Å². The van der Waals surface area contributed by atoms with Crippen molar-refractivity contribution in [1.29, 1.82) is 0 Å². The molecule has 1 N–H and O–H groups in total. The number of carbonyl (C=O) groups excluding carboxylic acids is 1. The molecule has 1 unspecified atom stereocenters. The molecule has 2 rings (SSSR count). The van der Waals surface area contributed by atoms with Crippen molar-refractivity contribution in [2.45, 2.75) is 65.0 Å². The molecule has 146 valence electrons. The quantitative estimate of drug-likeness (QED) is 0.719. The molecule has 1 atom stereocenters. The van der Waals surface area contributed by atoms with E-state index in [4.69, 9.17) is 9.47 Å². The number of nitrogens with one attached hydrogen (secondary N) is 1. The molecule has 0 saturated carbocycles. The molecule has 0 aliphatic carbocycles. The highest BCUT2D eigenvalue weighted by Crippen LogP contribution is 2.19. The number of piperidine rings is 1. The van der Waals surface area contributed by atoms with Gasteiger partial charge in [0.1, 0.15) is 18.0 Å². The third kappa shape index (κ3) is 6.29. The van der Waals surface area contributed by atoms with Crippen LogP contribution in [0.2, 0.25) is 0 Å². The average molecular weight is 363 g/mol. The molecule has 1 aromatic carbocycles. The Morgan fingerprint density at radius 1 is 1.23 bits per heavy atom. The number of amides is 1. The highest BCUT2D eigenvalue weighted by atomic mass is 16.5. The summed E-state index contributed by atoms with van der Waals surface area (Å²) in [5.41, 5.74) is -0.0868. The summed E-state index contributed by atoms with van der Waals surface area (Å²) >= 11 is 0. The van der Waals surface area contributed by atoms with E-state index in [0.717, 1.165) is 24.4 Å². The van der Waals surface area contributed by atoms with Crippen LogP contribution in [0.15, 0.2) is 24.3 Å². The van der Waals surface area contributed by atoms with Crippen LogP contribution in [0.1, 0.15) is 53.4 Å². The van der Waals surface area contributed by atoms with E-state index in [1.165, 1.54) is 25.8 Å². The Morgan fingerprint density at radius 3 is 2.62 bits per heavy atom. The van der Waals surface area contributed by atoms with Gasteiger partial charge in [-0.25, -0.2) is 0 Å². The third-order valence-corrected chi connectivity index (χ3v) is 4.91. The summed E-state index contributed by atoms with van der Waals surface area (Å²) in [6, 6.07) is 8.19. The van der Waals surface area contributed by atoms with Crippen molar-refractivity contribution in [3.63, 3.8) is 0 Å². The first-order chi connectivity index (χ1) is 12.4. The van der Waals surface area contributed by atoms with Gasteiger partial charge in [-0.2, -0.15) is 0 Å². The van der Waals surface area contributed by atoms with Crippen LogP contribution in [0.5, 0.6) is 5.75 Å². The molecule has 0 radical (unpaired) electrons. The summed E-state index contributed by atoms with van der Waals surface area (Å²) in [5, 5.41) is 2.90. The van der Waals surface area contributed by atoms with E-state index in [2.05, 4.69) is 17.1 Å². The number of hydrogen-bond donors (Lipinski definition) is 1. The number of likely N-dealkylation sites (tertiary alicyclic amines) is 1. The average Bonchev–Trinajstić information content (AvgIpc) is 2.63. The number of ether oxygens (including phenoxy) is 2. The summed E-state index contributed by atoms with van der Waals surface area (Å²) in [7, 11) is 0. The minimum absolute atomic E-state index is 0.140. The van der Waals surface area contributed by atoms with E-state index in [1.807, 2.05) is 31.2 Å². The number of benzene rings is 1. The maximum atomic E-state index is 12.3. The first kappa shape index (κ1) is 20.7. The maximum Gasteiger partial charge on any atom is 0.256 e. The fourth-order valence-electron chi connectivity index (χ4n) is 3.11. The van der Waals surface area contributed by atoms with Crippen molar-refractivity contribution in [2.24, 2.45) is 0 Å². The number of rotatable bonds is 9. The summed E-state index contributed by atoms with van der Waals surface area (Å²) in [6.45, 7) is 11.3. The molecule has 1 saturated heterocycles. The largest absolute Gasteiger partial charge is 0.492 e. The lowest BCUT2D eigenvalue weighted by Gasteiger charge is -2.33. The molecule has 5 nitrogen and oxygen atoms in total. The lowest BCUT2D eigenvalue weighted by Crippen LogP contribution is -2.40. The zero-order chi connectivity index (χ0) is 19.0. The van der Waals surface area contributed by atoms with Crippen molar-refractivity contribution >= 4 is 11.6 Å². The van der Waals surface area contributed by atoms with Crippen LogP contribution in [0.4, 0.5) is 5.69 Å². The van der Waals surface area contributed by atoms with Gasteiger partial charge in [0.05, 0.1) is 0 Å². The molecule has 1 amide bonds. The van der Waals surface area contributed by atoms with E-state index in [1.54, 1.807) is 13.8 Å². The normalized spacial score (nSPS) is 18.5. The molecule has 1 aliphatic rings. The lowest BCUT2D eigenvalue weighted by molar-refractivity contribution is -0.137. The molecule has 26 heavy (non-hydrogen) atoms. The van der Waals surface area contributed by atoms with Gasteiger partial charge in [0.15, 0.2) is 0 Å².